The van der Waals surface area contributed by atoms with Crippen LogP contribution in [0.25, 0.3) is 12.2 Å². The molecule has 0 saturated carbocycles. The van der Waals surface area contributed by atoms with Gasteiger partial charge in [-0.05, 0) is 43.0 Å². The molecular formula is C18H22N4O5S2. The van der Waals surface area contributed by atoms with Gasteiger partial charge in [-0.2, -0.15) is 0 Å². The summed E-state index contributed by atoms with van der Waals surface area (Å²) in [5, 5.41) is 20.5. The molecule has 156 valence electrons. The number of ether oxygens (including phenoxy) is 1. The van der Waals surface area contributed by atoms with E-state index in [0.29, 0.717) is 19.6 Å². The van der Waals surface area contributed by atoms with Gasteiger partial charge in [0, 0.05) is 41.4 Å². The van der Waals surface area contributed by atoms with Crippen molar-refractivity contribution >= 4 is 36.6 Å². The highest BCUT2D eigenvalue weighted by molar-refractivity contribution is 7.71. The second-order valence-corrected chi connectivity index (χ2v) is 7.01. The quantitative estimate of drug-likeness (QED) is 0.400. The molecular weight excluding hydrogens is 416 g/mol. The summed E-state index contributed by atoms with van der Waals surface area (Å²) < 4.78 is 10.5. The fraction of sp³-hybridized carbons (Fsp3) is 0.389. The molecule has 0 radical (unpaired) electrons. The molecule has 0 fully saturated rings. The topological polar surface area (TPSA) is 104 Å². The highest BCUT2D eigenvalue weighted by Gasteiger charge is 2.13. The first kappa shape index (κ1) is 22.6. The molecule has 0 unspecified atom stereocenters. The Morgan fingerprint density at radius 1 is 0.931 bits per heavy atom. The summed E-state index contributed by atoms with van der Waals surface area (Å²) in [6.07, 6.45) is 3.03. The largest absolute Gasteiger partial charge is 0.494 e. The van der Waals surface area contributed by atoms with Crippen LogP contribution in [-0.4, -0.2) is 42.2 Å². The average Bonchev–Trinajstić information content (AvgIpc) is 2.70. The van der Waals surface area contributed by atoms with E-state index in [2.05, 4.69) is 5.73 Å². The van der Waals surface area contributed by atoms with Crippen LogP contribution >= 0.6 is 24.4 Å². The molecule has 0 amide bonds. The van der Waals surface area contributed by atoms with E-state index in [0.717, 1.165) is 0 Å². The molecule has 0 aromatic carbocycles. The third-order valence-electron chi connectivity index (χ3n) is 4.41. The van der Waals surface area contributed by atoms with E-state index < -0.39 is 11.1 Å². The summed E-state index contributed by atoms with van der Waals surface area (Å²) in [7, 11) is 6.10. The average molecular weight is 439 g/mol. The summed E-state index contributed by atoms with van der Waals surface area (Å²) in [6, 6.07) is 0. The minimum absolute atomic E-state index is 0.0460. The van der Waals surface area contributed by atoms with Crippen molar-refractivity contribution < 1.29 is 14.9 Å². The van der Waals surface area contributed by atoms with E-state index >= 15 is 0 Å². The third kappa shape index (κ3) is 4.33. The fourth-order valence-corrected chi connectivity index (χ4v) is 3.09. The van der Waals surface area contributed by atoms with Crippen LogP contribution in [0, 0.1) is 9.54 Å². The van der Waals surface area contributed by atoms with Crippen molar-refractivity contribution in [3.05, 3.63) is 47.1 Å². The number of hydrogen-bond donors (Lipinski definition) is 2. The maximum absolute atomic E-state index is 12.8. The Labute approximate surface area is 176 Å². The highest BCUT2D eigenvalue weighted by atomic mass is 32.1. The van der Waals surface area contributed by atoms with Crippen molar-refractivity contribution in [2.45, 2.75) is 13.0 Å². The van der Waals surface area contributed by atoms with E-state index in [9.17, 15) is 19.8 Å². The van der Waals surface area contributed by atoms with Crippen LogP contribution in [0.2, 0.25) is 0 Å². The predicted molar refractivity (Wildman–Crippen MR) is 114 cm³/mol. The fourth-order valence-electron chi connectivity index (χ4n) is 2.66. The van der Waals surface area contributed by atoms with Gasteiger partial charge in [0.05, 0.1) is 0 Å². The SMILES string of the molecule is COCCCn1c(=O)c(C=C=Cc2c(O)n(C)c(=S)n(C)c2=O)c(O)n(C)c1=S. The lowest BCUT2D eigenvalue weighted by Gasteiger charge is -2.12. The molecule has 11 heteroatoms. The third-order valence-corrected chi connectivity index (χ3v) is 5.45. The molecule has 2 heterocycles. The Morgan fingerprint density at radius 3 is 2.00 bits per heavy atom. The van der Waals surface area contributed by atoms with Gasteiger partial charge < -0.3 is 14.9 Å². The summed E-state index contributed by atoms with van der Waals surface area (Å²) in [5.74, 6) is -0.654. The van der Waals surface area contributed by atoms with Crippen LogP contribution in [0.1, 0.15) is 17.5 Å². The second kappa shape index (κ2) is 9.19. The molecule has 0 aliphatic rings. The van der Waals surface area contributed by atoms with Crippen LogP contribution in [-0.2, 0) is 32.4 Å². The number of methoxy groups -OCH3 is 1. The Hall–Kier alpha value is -2.72. The molecule has 0 saturated heterocycles. The summed E-state index contributed by atoms with van der Waals surface area (Å²) >= 11 is 10.3. The van der Waals surface area contributed by atoms with Gasteiger partial charge in [0.25, 0.3) is 11.1 Å². The first-order valence-electron chi connectivity index (χ1n) is 8.56. The van der Waals surface area contributed by atoms with Gasteiger partial charge in [0.2, 0.25) is 11.8 Å². The van der Waals surface area contributed by atoms with E-state index in [1.807, 2.05) is 0 Å². The zero-order valence-electron chi connectivity index (χ0n) is 16.5. The lowest BCUT2D eigenvalue weighted by atomic mass is 10.2. The van der Waals surface area contributed by atoms with E-state index in [-0.39, 0.29) is 32.4 Å². The number of hydrogen-bond acceptors (Lipinski definition) is 7. The maximum Gasteiger partial charge on any atom is 0.266 e. The number of aromatic nitrogens is 4. The van der Waals surface area contributed by atoms with Gasteiger partial charge in [0.15, 0.2) is 9.54 Å². The number of aromatic hydroxyl groups is 2. The minimum atomic E-state index is -0.515. The summed E-state index contributed by atoms with van der Waals surface area (Å²) in [5.41, 5.74) is 1.57. The van der Waals surface area contributed by atoms with E-state index in [4.69, 9.17) is 29.2 Å². The Bertz CT molecular complexity index is 1240. The molecule has 9 nitrogen and oxygen atoms in total. The van der Waals surface area contributed by atoms with Gasteiger partial charge in [0.1, 0.15) is 11.1 Å². The first-order chi connectivity index (χ1) is 13.6. The van der Waals surface area contributed by atoms with Crippen molar-refractivity contribution in [3.8, 4) is 11.8 Å². The van der Waals surface area contributed by atoms with Gasteiger partial charge >= 0.3 is 0 Å². The number of nitrogens with zero attached hydrogens (tertiary/aromatic N) is 4. The zero-order chi connectivity index (χ0) is 21.9. The van der Waals surface area contributed by atoms with Gasteiger partial charge in [-0.25, -0.2) is 0 Å². The Morgan fingerprint density at radius 2 is 1.45 bits per heavy atom. The van der Waals surface area contributed by atoms with Crippen LogP contribution < -0.4 is 11.1 Å². The molecule has 2 N–H and O–H groups in total. The van der Waals surface area contributed by atoms with Crippen LogP contribution in [0.5, 0.6) is 11.8 Å². The van der Waals surface area contributed by atoms with E-state index in [1.165, 1.54) is 51.6 Å². The smallest absolute Gasteiger partial charge is 0.266 e. The van der Waals surface area contributed by atoms with Gasteiger partial charge in [-0.1, -0.05) is 0 Å². The molecule has 2 aromatic rings. The first-order valence-corrected chi connectivity index (χ1v) is 9.38. The summed E-state index contributed by atoms with van der Waals surface area (Å²) in [4.78, 5) is 25.1. The van der Waals surface area contributed by atoms with Crippen LogP contribution in [0.4, 0.5) is 0 Å². The van der Waals surface area contributed by atoms with Crippen molar-refractivity contribution in [2.24, 2.45) is 21.1 Å². The molecule has 0 aliphatic carbocycles. The Kier molecular flexibility index (Phi) is 7.15. The molecule has 0 spiro atoms. The number of rotatable bonds is 6. The second-order valence-electron chi connectivity index (χ2n) is 6.28. The molecule has 0 aliphatic heterocycles. The predicted octanol–water partition coefficient (Wildman–Crippen LogP) is 1.46. The molecule has 0 atom stereocenters. The minimum Gasteiger partial charge on any atom is -0.494 e. The van der Waals surface area contributed by atoms with Crippen molar-refractivity contribution in [2.75, 3.05) is 13.7 Å². The summed E-state index contributed by atoms with van der Waals surface area (Å²) in [6.45, 7) is 0.775. The standard InChI is InChI=1S/C18H22N4O5S2/c1-19-13(23)11(14(24)20(2)17(19)28)7-5-8-12-15(25)21(3)18(29)22(16(12)26)9-6-10-27-4/h7-8,23,25H,6,9-10H2,1-4H3. The molecule has 29 heavy (non-hydrogen) atoms. The lowest BCUT2D eigenvalue weighted by Crippen LogP contribution is -2.27. The van der Waals surface area contributed by atoms with Gasteiger partial charge in [-0.3, -0.25) is 27.9 Å². The zero-order valence-corrected chi connectivity index (χ0v) is 18.1. The van der Waals surface area contributed by atoms with Crippen molar-refractivity contribution in [3.63, 3.8) is 0 Å². The van der Waals surface area contributed by atoms with E-state index in [1.54, 1.807) is 7.11 Å². The van der Waals surface area contributed by atoms with Crippen LogP contribution in [0.15, 0.2) is 15.3 Å². The maximum atomic E-state index is 12.8. The Balaban J connectivity index is 2.62. The monoisotopic (exact) mass is 438 g/mol. The van der Waals surface area contributed by atoms with Crippen molar-refractivity contribution in [1.82, 2.24) is 18.3 Å². The lowest BCUT2D eigenvalue weighted by molar-refractivity contribution is 0.189. The normalized spacial score (nSPS) is 10.6. The van der Waals surface area contributed by atoms with Gasteiger partial charge in [-0.15, -0.1) is 5.73 Å². The van der Waals surface area contributed by atoms with Crippen LogP contribution in [0.3, 0.4) is 0 Å². The highest BCUT2D eigenvalue weighted by Crippen LogP contribution is 2.16. The molecule has 2 aromatic heterocycles. The molecule has 0 bridgehead atoms. The molecule has 2 rings (SSSR count). The van der Waals surface area contributed by atoms with Crippen molar-refractivity contribution in [1.29, 1.82) is 0 Å².